The summed E-state index contributed by atoms with van der Waals surface area (Å²) >= 11 is 0. The Morgan fingerprint density at radius 3 is 2.24 bits per heavy atom. The van der Waals surface area contributed by atoms with Crippen LogP contribution in [-0.4, -0.2) is 28.3 Å². The number of benzene rings is 3. The van der Waals surface area contributed by atoms with E-state index in [-0.39, 0.29) is 28.6 Å². The van der Waals surface area contributed by atoms with Crippen LogP contribution in [0.25, 0.3) is 10.8 Å². The summed E-state index contributed by atoms with van der Waals surface area (Å²) in [5.41, 5.74) is -0.208. The number of rotatable bonds is 3. The molecule has 0 radical (unpaired) electrons. The first-order valence-electron chi connectivity index (χ1n) is 6.91. The van der Waals surface area contributed by atoms with Crippen molar-refractivity contribution in [3.63, 3.8) is 0 Å². The molecule has 0 aliphatic carbocycles. The first-order chi connectivity index (χ1) is 11.8. The third kappa shape index (κ3) is 3.23. The highest BCUT2D eigenvalue weighted by Gasteiger charge is 2.10. The molecule has 0 saturated heterocycles. The van der Waals surface area contributed by atoms with Gasteiger partial charge in [0.05, 0.1) is 4.90 Å². The molecule has 0 fully saturated rings. The maximum absolute atomic E-state index is 11.0. The van der Waals surface area contributed by atoms with Crippen LogP contribution in [0, 0.1) is 0 Å². The van der Waals surface area contributed by atoms with Gasteiger partial charge in [0.2, 0.25) is 0 Å². The van der Waals surface area contributed by atoms with Gasteiger partial charge in [-0.05, 0) is 36.4 Å². The quantitative estimate of drug-likeness (QED) is 0.484. The smallest absolute Gasteiger partial charge is 0.151 e. The number of nitrogens with zero attached hydrogens (tertiary/aromatic N) is 2. The van der Waals surface area contributed by atoms with Crippen molar-refractivity contribution in [1.82, 2.24) is 0 Å². The summed E-state index contributed by atoms with van der Waals surface area (Å²) in [5.74, 6) is -0.638. The molecule has 0 amide bonds. The van der Waals surface area contributed by atoms with Crippen molar-refractivity contribution in [2.75, 3.05) is 0 Å². The van der Waals surface area contributed by atoms with Crippen LogP contribution in [0.2, 0.25) is 0 Å². The molecule has 0 bridgehead atoms. The van der Waals surface area contributed by atoms with Crippen LogP contribution in [0.5, 0.6) is 17.2 Å². The lowest BCUT2D eigenvalue weighted by molar-refractivity contribution is 0.461. The maximum atomic E-state index is 11.0. The summed E-state index contributed by atoms with van der Waals surface area (Å²) < 4.78 is 33.1. The average molecular weight is 359 g/mol. The third-order valence-corrected chi connectivity index (χ3v) is 4.32. The van der Waals surface area contributed by atoms with Crippen LogP contribution in [0.15, 0.2) is 63.7 Å². The molecule has 25 heavy (non-hydrogen) atoms. The van der Waals surface area contributed by atoms with Crippen molar-refractivity contribution in [2.45, 2.75) is 4.90 Å². The zero-order valence-corrected chi connectivity index (χ0v) is 13.3. The molecule has 128 valence electrons. The molecular weight excluding hydrogens is 348 g/mol. The molecule has 0 aliphatic rings. The predicted molar refractivity (Wildman–Crippen MR) is 87.5 cm³/mol. The normalized spacial score (nSPS) is 12.0. The van der Waals surface area contributed by atoms with Crippen molar-refractivity contribution < 1.29 is 28.3 Å². The van der Waals surface area contributed by atoms with Crippen LogP contribution in [0.3, 0.4) is 0 Å². The maximum Gasteiger partial charge on any atom is 0.151 e. The fourth-order valence-electron chi connectivity index (χ4n) is 2.24. The lowest BCUT2D eigenvalue weighted by Crippen LogP contribution is -1.97. The number of hydrogen-bond donors (Lipinski definition) is 3. The fourth-order valence-corrected chi connectivity index (χ4v) is 2.73. The van der Waals surface area contributed by atoms with Crippen molar-refractivity contribution >= 4 is 32.3 Å². The van der Waals surface area contributed by atoms with Crippen LogP contribution in [0.1, 0.15) is 0 Å². The molecule has 3 N–H and O–H groups in total. The molecule has 0 heterocycles. The molecule has 0 spiro atoms. The summed E-state index contributed by atoms with van der Waals surface area (Å²) in [5, 5.41) is 37.9. The van der Waals surface area contributed by atoms with Gasteiger partial charge in [-0.1, -0.05) is 12.1 Å². The predicted octanol–water partition coefficient (Wildman–Crippen LogP) is 3.28. The summed E-state index contributed by atoms with van der Waals surface area (Å²) in [6.45, 7) is 0. The van der Waals surface area contributed by atoms with Crippen LogP contribution in [-0.2, 0) is 10.1 Å². The first kappa shape index (κ1) is 16.7. The van der Waals surface area contributed by atoms with E-state index in [1.165, 1.54) is 18.2 Å². The Morgan fingerprint density at radius 1 is 0.800 bits per heavy atom. The molecule has 3 rings (SSSR count). The second kappa shape index (κ2) is 6.04. The zero-order valence-electron chi connectivity index (χ0n) is 12.5. The molecule has 0 unspecified atom stereocenters. The Morgan fingerprint density at radius 2 is 1.52 bits per heavy atom. The molecule has 3 aromatic rings. The van der Waals surface area contributed by atoms with Gasteiger partial charge in [-0.15, -0.1) is 10.2 Å². The van der Waals surface area contributed by atoms with Crippen molar-refractivity contribution in [3.05, 3.63) is 48.5 Å². The van der Waals surface area contributed by atoms with E-state index < -0.39 is 15.0 Å². The minimum absolute atomic E-state index is 0.0118. The highest BCUT2D eigenvalue weighted by Crippen LogP contribution is 2.39. The first-order valence-corrected chi connectivity index (χ1v) is 8.32. The summed E-state index contributed by atoms with van der Waals surface area (Å²) in [6.07, 6.45) is 0. The fraction of sp³-hybridized carbons (Fsp3) is 0. The summed E-state index contributed by atoms with van der Waals surface area (Å²) in [4.78, 5) is -0.563. The third-order valence-electron chi connectivity index (χ3n) is 3.49. The Balaban J connectivity index is 2.06. The van der Waals surface area contributed by atoms with Gasteiger partial charge in [-0.3, -0.25) is 0 Å². The molecular formula is C16H11N2O6S-. The lowest BCUT2D eigenvalue weighted by Gasteiger charge is -2.08. The molecule has 0 aromatic heterocycles. The number of hydrogen-bond acceptors (Lipinski definition) is 8. The van der Waals surface area contributed by atoms with Gasteiger partial charge >= 0.3 is 0 Å². The van der Waals surface area contributed by atoms with E-state index in [1.807, 2.05) is 0 Å². The SMILES string of the molecule is O=S(=O)([O-])c1ccc(O)c(N=Nc2ccc3c(O)cccc3c2O)c1. The van der Waals surface area contributed by atoms with Gasteiger partial charge in [0.15, 0.2) is 5.75 Å². The largest absolute Gasteiger partial charge is 0.744 e. The highest BCUT2D eigenvalue weighted by atomic mass is 32.2. The number of aromatic hydroxyl groups is 3. The van der Waals surface area contributed by atoms with Gasteiger partial charge in [0, 0.05) is 10.8 Å². The van der Waals surface area contributed by atoms with Gasteiger partial charge in [0.25, 0.3) is 0 Å². The molecule has 0 aliphatic heterocycles. The number of fused-ring (bicyclic) bond motifs is 1. The Hall–Kier alpha value is -3.17. The Kier molecular flexibility index (Phi) is 4.03. The van der Waals surface area contributed by atoms with E-state index >= 15 is 0 Å². The van der Waals surface area contributed by atoms with Gasteiger partial charge in [-0.25, -0.2) is 8.42 Å². The molecule has 9 heteroatoms. The molecule has 3 aromatic carbocycles. The van der Waals surface area contributed by atoms with Gasteiger partial charge in [-0.2, -0.15) is 0 Å². The van der Waals surface area contributed by atoms with Crippen molar-refractivity contribution in [3.8, 4) is 17.2 Å². The van der Waals surface area contributed by atoms with E-state index in [0.29, 0.717) is 10.8 Å². The van der Waals surface area contributed by atoms with Crippen molar-refractivity contribution in [1.29, 1.82) is 0 Å². The van der Waals surface area contributed by atoms with Crippen LogP contribution in [0.4, 0.5) is 11.4 Å². The summed E-state index contributed by atoms with van der Waals surface area (Å²) in [6, 6.07) is 10.4. The molecule has 0 saturated carbocycles. The zero-order chi connectivity index (χ0) is 18.2. The van der Waals surface area contributed by atoms with Gasteiger partial charge in [0.1, 0.15) is 33.0 Å². The highest BCUT2D eigenvalue weighted by molar-refractivity contribution is 7.85. The van der Waals surface area contributed by atoms with E-state index in [9.17, 15) is 28.3 Å². The van der Waals surface area contributed by atoms with E-state index in [2.05, 4.69) is 10.2 Å². The minimum Gasteiger partial charge on any atom is -0.744 e. The second-order valence-corrected chi connectivity index (χ2v) is 6.49. The van der Waals surface area contributed by atoms with Crippen LogP contribution >= 0.6 is 0 Å². The number of phenolic OH excluding ortho intramolecular Hbond substituents is 3. The number of azo groups is 1. The van der Waals surface area contributed by atoms with E-state index in [4.69, 9.17) is 0 Å². The Labute approximate surface area is 142 Å². The molecule has 0 atom stereocenters. The minimum atomic E-state index is -4.71. The standard InChI is InChI=1S/C16H12N2O6S/c19-14-3-1-2-11-10(14)5-6-12(16(11)21)17-18-13-8-9(25(22,23)24)4-7-15(13)20/h1-8,19-21H,(H,22,23,24)/p-1. The molecule has 8 nitrogen and oxygen atoms in total. The van der Waals surface area contributed by atoms with Crippen LogP contribution < -0.4 is 0 Å². The topological polar surface area (TPSA) is 143 Å². The van der Waals surface area contributed by atoms with E-state index in [0.717, 1.165) is 18.2 Å². The second-order valence-electron chi connectivity index (χ2n) is 5.11. The van der Waals surface area contributed by atoms with Gasteiger partial charge < -0.3 is 19.9 Å². The summed E-state index contributed by atoms with van der Waals surface area (Å²) in [7, 11) is -4.71. The lowest BCUT2D eigenvalue weighted by atomic mass is 10.1. The number of phenols is 3. The Bertz CT molecular complexity index is 1110. The monoisotopic (exact) mass is 359 g/mol. The average Bonchev–Trinajstić information content (AvgIpc) is 2.55. The van der Waals surface area contributed by atoms with Crippen molar-refractivity contribution in [2.24, 2.45) is 10.2 Å². The van der Waals surface area contributed by atoms with E-state index in [1.54, 1.807) is 12.1 Å².